The summed E-state index contributed by atoms with van der Waals surface area (Å²) in [6.45, 7) is -0.0488. The first-order chi connectivity index (χ1) is 15.4. The lowest BCUT2D eigenvalue weighted by atomic mass is 10.2. The van der Waals surface area contributed by atoms with Crippen LogP contribution in [0.5, 0.6) is 5.75 Å². The molecule has 0 bridgehead atoms. The van der Waals surface area contributed by atoms with Crippen LogP contribution in [0.15, 0.2) is 71.8 Å². The maximum Gasteiger partial charge on any atom is 0.262 e. The highest BCUT2D eigenvalue weighted by atomic mass is 35.5. The summed E-state index contributed by atoms with van der Waals surface area (Å²) in [5.74, 6) is -0.663. The van der Waals surface area contributed by atoms with Gasteiger partial charge in [-0.25, -0.2) is 9.37 Å². The van der Waals surface area contributed by atoms with Gasteiger partial charge in [-0.2, -0.15) is 0 Å². The smallest absolute Gasteiger partial charge is 0.262 e. The topological polar surface area (TPSA) is 73.2 Å². The molecule has 1 amide bonds. The summed E-state index contributed by atoms with van der Waals surface area (Å²) in [7, 11) is 0. The molecule has 6 nitrogen and oxygen atoms in total. The van der Waals surface area contributed by atoms with E-state index in [1.165, 1.54) is 29.1 Å². The van der Waals surface area contributed by atoms with Crippen LogP contribution < -0.4 is 15.6 Å². The molecule has 4 aromatic rings. The SMILES string of the molecule is O=C(COc1cccc(F)c1)Nc1ccc2ncn(Cc3ccc(Cl)c(Cl)c3)c(=O)c2c1. The Balaban J connectivity index is 1.51. The first kappa shape index (κ1) is 21.8. The molecule has 32 heavy (non-hydrogen) atoms. The molecular weight excluding hydrogens is 456 g/mol. The van der Waals surface area contributed by atoms with Crippen molar-refractivity contribution >= 4 is 45.7 Å². The van der Waals surface area contributed by atoms with Crippen molar-refractivity contribution in [1.82, 2.24) is 9.55 Å². The molecule has 3 aromatic carbocycles. The Morgan fingerprint density at radius 2 is 1.91 bits per heavy atom. The zero-order valence-corrected chi connectivity index (χ0v) is 18.0. The molecular formula is C23H16Cl2FN3O3. The molecule has 0 atom stereocenters. The van der Waals surface area contributed by atoms with Crippen LogP contribution in [-0.4, -0.2) is 22.1 Å². The Labute approximate surface area is 192 Å². The molecule has 0 saturated carbocycles. The van der Waals surface area contributed by atoms with Crippen LogP contribution in [0.2, 0.25) is 10.0 Å². The van der Waals surface area contributed by atoms with E-state index in [0.29, 0.717) is 26.6 Å². The number of nitrogens with one attached hydrogen (secondary N) is 1. The summed E-state index contributed by atoms with van der Waals surface area (Å²) < 4.78 is 19.9. The van der Waals surface area contributed by atoms with Gasteiger partial charge in [0.1, 0.15) is 11.6 Å². The number of rotatable bonds is 6. The van der Waals surface area contributed by atoms with Crippen LogP contribution >= 0.6 is 23.2 Å². The van der Waals surface area contributed by atoms with Gasteiger partial charge >= 0.3 is 0 Å². The average Bonchev–Trinajstić information content (AvgIpc) is 2.77. The minimum Gasteiger partial charge on any atom is -0.484 e. The normalized spacial score (nSPS) is 10.8. The fraction of sp³-hybridized carbons (Fsp3) is 0.0870. The third-order valence-corrected chi connectivity index (χ3v) is 5.35. The predicted octanol–water partition coefficient (Wildman–Crippen LogP) is 4.91. The highest BCUT2D eigenvalue weighted by molar-refractivity contribution is 6.42. The van der Waals surface area contributed by atoms with Gasteiger partial charge in [-0.15, -0.1) is 0 Å². The van der Waals surface area contributed by atoms with Gasteiger partial charge in [-0.05, 0) is 48.0 Å². The Bertz CT molecular complexity index is 1370. The molecule has 4 rings (SSSR count). The summed E-state index contributed by atoms with van der Waals surface area (Å²) in [5.41, 5.74) is 1.43. The minimum absolute atomic E-state index is 0.244. The molecule has 0 aliphatic heterocycles. The molecule has 9 heteroatoms. The third kappa shape index (κ3) is 5.07. The number of anilines is 1. The number of aromatic nitrogens is 2. The number of fused-ring (bicyclic) bond motifs is 1. The lowest BCUT2D eigenvalue weighted by Crippen LogP contribution is -2.22. The molecule has 0 spiro atoms. The number of nitrogens with zero attached hydrogens (tertiary/aromatic N) is 2. The molecule has 0 radical (unpaired) electrons. The Morgan fingerprint density at radius 3 is 2.69 bits per heavy atom. The minimum atomic E-state index is -0.456. The van der Waals surface area contributed by atoms with E-state index in [4.69, 9.17) is 27.9 Å². The number of halogens is 3. The van der Waals surface area contributed by atoms with Crippen molar-refractivity contribution < 1.29 is 13.9 Å². The summed E-state index contributed by atoms with van der Waals surface area (Å²) in [5, 5.41) is 3.84. The van der Waals surface area contributed by atoms with Crippen LogP contribution in [0.1, 0.15) is 5.56 Å². The maximum atomic E-state index is 13.2. The van der Waals surface area contributed by atoms with E-state index >= 15 is 0 Å². The molecule has 0 aliphatic rings. The largest absolute Gasteiger partial charge is 0.484 e. The number of ether oxygens (including phenoxy) is 1. The van der Waals surface area contributed by atoms with Crippen LogP contribution in [0, 0.1) is 5.82 Å². The van der Waals surface area contributed by atoms with Gasteiger partial charge in [0.2, 0.25) is 0 Å². The highest BCUT2D eigenvalue weighted by Crippen LogP contribution is 2.23. The number of hydrogen-bond donors (Lipinski definition) is 1. The van der Waals surface area contributed by atoms with Crippen molar-refractivity contribution in [2.24, 2.45) is 0 Å². The van der Waals surface area contributed by atoms with Crippen LogP contribution in [0.4, 0.5) is 10.1 Å². The van der Waals surface area contributed by atoms with E-state index in [9.17, 15) is 14.0 Å². The second kappa shape index (κ2) is 9.38. The van der Waals surface area contributed by atoms with Gasteiger partial charge < -0.3 is 10.1 Å². The summed E-state index contributed by atoms with van der Waals surface area (Å²) in [6.07, 6.45) is 1.46. The molecule has 1 N–H and O–H groups in total. The molecule has 0 unspecified atom stereocenters. The van der Waals surface area contributed by atoms with Gasteiger partial charge in [0.15, 0.2) is 6.61 Å². The van der Waals surface area contributed by atoms with Crippen LogP contribution in [0.25, 0.3) is 10.9 Å². The van der Waals surface area contributed by atoms with Gasteiger partial charge in [0.25, 0.3) is 11.5 Å². The number of carbonyl (C=O) groups is 1. The standard InChI is InChI=1S/C23H16Cl2FN3O3/c24-19-6-4-14(8-20(19)25)11-29-13-27-21-7-5-16(10-18(21)23(29)31)28-22(30)12-32-17-3-1-2-15(26)9-17/h1-10,13H,11-12H2,(H,28,30). The zero-order chi connectivity index (χ0) is 22.7. The van der Waals surface area contributed by atoms with Gasteiger partial charge in [0, 0.05) is 11.8 Å². The zero-order valence-electron chi connectivity index (χ0n) is 16.5. The fourth-order valence-electron chi connectivity index (χ4n) is 3.09. The van der Waals surface area contributed by atoms with Crippen molar-refractivity contribution in [1.29, 1.82) is 0 Å². The van der Waals surface area contributed by atoms with E-state index in [2.05, 4.69) is 10.3 Å². The first-order valence-electron chi connectivity index (χ1n) is 9.50. The highest BCUT2D eigenvalue weighted by Gasteiger charge is 2.10. The Hall–Kier alpha value is -3.42. The predicted molar refractivity (Wildman–Crippen MR) is 122 cm³/mol. The summed E-state index contributed by atoms with van der Waals surface area (Å²) >= 11 is 12.0. The molecule has 0 fully saturated rings. The van der Waals surface area contributed by atoms with E-state index in [1.807, 2.05) is 0 Å². The van der Waals surface area contributed by atoms with Crippen molar-refractivity contribution in [2.45, 2.75) is 6.54 Å². The molecule has 1 heterocycles. The molecule has 162 valence electrons. The van der Waals surface area contributed by atoms with Crippen molar-refractivity contribution in [3.8, 4) is 5.75 Å². The maximum absolute atomic E-state index is 13.2. The lowest BCUT2D eigenvalue weighted by Gasteiger charge is -2.10. The van der Waals surface area contributed by atoms with Crippen molar-refractivity contribution in [3.05, 3.63) is 98.8 Å². The second-order valence-electron chi connectivity index (χ2n) is 6.95. The van der Waals surface area contributed by atoms with Gasteiger partial charge in [-0.1, -0.05) is 35.3 Å². The second-order valence-corrected chi connectivity index (χ2v) is 7.77. The Kier molecular flexibility index (Phi) is 6.39. The van der Waals surface area contributed by atoms with Gasteiger partial charge in [0.05, 0.1) is 33.8 Å². The molecule has 0 aliphatic carbocycles. The van der Waals surface area contributed by atoms with E-state index < -0.39 is 11.7 Å². The third-order valence-electron chi connectivity index (χ3n) is 4.61. The molecule has 0 saturated heterocycles. The van der Waals surface area contributed by atoms with Crippen LogP contribution in [0.3, 0.4) is 0 Å². The summed E-state index contributed by atoms with van der Waals surface area (Å²) in [4.78, 5) is 29.5. The number of carbonyl (C=O) groups excluding carboxylic acids is 1. The molecule has 1 aromatic heterocycles. The monoisotopic (exact) mass is 471 g/mol. The summed E-state index contributed by atoms with van der Waals surface area (Å²) in [6, 6.07) is 15.5. The number of hydrogen-bond acceptors (Lipinski definition) is 4. The van der Waals surface area contributed by atoms with Gasteiger partial charge in [-0.3, -0.25) is 14.2 Å². The quantitative estimate of drug-likeness (QED) is 0.433. The van der Waals surface area contributed by atoms with Crippen molar-refractivity contribution in [2.75, 3.05) is 11.9 Å². The van der Waals surface area contributed by atoms with E-state index in [-0.39, 0.29) is 24.5 Å². The number of amides is 1. The first-order valence-corrected chi connectivity index (χ1v) is 10.3. The Morgan fingerprint density at radius 1 is 1.06 bits per heavy atom. The average molecular weight is 472 g/mol. The van der Waals surface area contributed by atoms with E-state index in [1.54, 1.807) is 42.5 Å². The number of benzene rings is 3. The van der Waals surface area contributed by atoms with Crippen molar-refractivity contribution in [3.63, 3.8) is 0 Å². The fourth-order valence-corrected chi connectivity index (χ4v) is 3.41. The van der Waals surface area contributed by atoms with Crippen LogP contribution in [-0.2, 0) is 11.3 Å². The lowest BCUT2D eigenvalue weighted by molar-refractivity contribution is -0.118. The van der Waals surface area contributed by atoms with E-state index in [0.717, 1.165) is 5.56 Å².